The molecular weight excluding hydrogens is 186 g/mol. The molecule has 1 fully saturated rings. The second-order valence-corrected chi connectivity index (χ2v) is 4.67. The number of carbonyl (C=O) groups excluding carboxylic acids is 1. The molecule has 0 radical (unpaired) electrons. The molecular formula is C13H17NO. The number of aryl methyl sites for hydroxylation is 2. The quantitative estimate of drug-likeness (QED) is 0.815. The highest BCUT2D eigenvalue weighted by atomic mass is 16.1. The first-order valence-electron chi connectivity index (χ1n) is 5.40. The lowest BCUT2D eigenvalue weighted by molar-refractivity contribution is -0.120. The normalized spacial score (nSPS) is 17.5. The fourth-order valence-corrected chi connectivity index (χ4v) is 1.69. The summed E-state index contributed by atoms with van der Waals surface area (Å²) in [5.41, 5.74) is 8.95. The molecule has 2 rings (SSSR count). The summed E-state index contributed by atoms with van der Waals surface area (Å²) < 4.78 is 0. The van der Waals surface area contributed by atoms with Gasteiger partial charge in [-0.25, -0.2) is 0 Å². The van der Waals surface area contributed by atoms with Crippen LogP contribution in [-0.4, -0.2) is 11.3 Å². The van der Waals surface area contributed by atoms with Crippen LogP contribution in [0.1, 0.15) is 29.5 Å². The van der Waals surface area contributed by atoms with Gasteiger partial charge in [-0.1, -0.05) is 18.2 Å². The number of carbonyl (C=O) groups is 1. The molecule has 0 aromatic heterocycles. The van der Waals surface area contributed by atoms with Gasteiger partial charge in [0.1, 0.15) is 0 Å². The van der Waals surface area contributed by atoms with Crippen LogP contribution < -0.4 is 5.73 Å². The van der Waals surface area contributed by atoms with E-state index < -0.39 is 5.54 Å². The molecule has 1 aliphatic rings. The van der Waals surface area contributed by atoms with Crippen molar-refractivity contribution in [2.24, 2.45) is 5.73 Å². The lowest BCUT2D eigenvalue weighted by Gasteiger charge is -2.08. The van der Waals surface area contributed by atoms with E-state index >= 15 is 0 Å². The molecule has 0 bridgehead atoms. The number of Topliss-reactive ketones (excluding diaryl/α,β-unsaturated/α-hetero) is 1. The monoisotopic (exact) mass is 203 g/mol. The fourth-order valence-electron chi connectivity index (χ4n) is 1.69. The molecule has 80 valence electrons. The maximum atomic E-state index is 11.8. The molecule has 0 atom stereocenters. The van der Waals surface area contributed by atoms with E-state index in [1.807, 2.05) is 6.07 Å². The third kappa shape index (κ3) is 2.10. The van der Waals surface area contributed by atoms with Crippen molar-refractivity contribution < 1.29 is 4.79 Å². The van der Waals surface area contributed by atoms with Crippen LogP contribution in [0.15, 0.2) is 18.2 Å². The number of ketones is 1. The zero-order valence-electron chi connectivity index (χ0n) is 9.34. The van der Waals surface area contributed by atoms with Crippen LogP contribution in [0.2, 0.25) is 0 Å². The highest BCUT2D eigenvalue weighted by Gasteiger charge is 2.44. The van der Waals surface area contributed by atoms with E-state index in [-0.39, 0.29) is 5.78 Å². The first kappa shape index (κ1) is 10.4. The fraction of sp³-hybridized carbons (Fsp3) is 0.462. The maximum absolute atomic E-state index is 11.8. The summed E-state index contributed by atoms with van der Waals surface area (Å²) in [6, 6.07) is 6.17. The van der Waals surface area contributed by atoms with Crippen LogP contribution in [0.25, 0.3) is 0 Å². The molecule has 0 spiro atoms. The minimum atomic E-state index is -0.487. The Morgan fingerprint density at radius 3 is 2.53 bits per heavy atom. The van der Waals surface area contributed by atoms with Gasteiger partial charge in [-0.15, -0.1) is 0 Å². The largest absolute Gasteiger partial charge is 0.319 e. The van der Waals surface area contributed by atoms with Gasteiger partial charge in [-0.2, -0.15) is 0 Å². The standard InChI is InChI=1S/C13H17NO/c1-9-3-4-11(7-10(9)2)8-12(15)13(14)5-6-13/h3-4,7H,5-6,8,14H2,1-2H3. The van der Waals surface area contributed by atoms with Crippen molar-refractivity contribution in [3.63, 3.8) is 0 Å². The van der Waals surface area contributed by atoms with E-state index in [1.54, 1.807) is 0 Å². The lowest BCUT2D eigenvalue weighted by Crippen LogP contribution is -2.34. The van der Waals surface area contributed by atoms with Gasteiger partial charge in [0.25, 0.3) is 0 Å². The molecule has 0 aliphatic heterocycles. The molecule has 1 saturated carbocycles. The molecule has 2 nitrogen and oxygen atoms in total. The molecule has 1 aromatic carbocycles. The summed E-state index contributed by atoms with van der Waals surface area (Å²) >= 11 is 0. The lowest BCUT2D eigenvalue weighted by atomic mass is 9.99. The number of nitrogens with two attached hydrogens (primary N) is 1. The van der Waals surface area contributed by atoms with Crippen LogP contribution in [0.5, 0.6) is 0 Å². The zero-order chi connectivity index (χ0) is 11.1. The van der Waals surface area contributed by atoms with Crippen molar-refractivity contribution >= 4 is 5.78 Å². The molecule has 1 aromatic rings. The summed E-state index contributed by atoms with van der Waals surface area (Å²) in [7, 11) is 0. The van der Waals surface area contributed by atoms with E-state index in [0.29, 0.717) is 6.42 Å². The summed E-state index contributed by atoms with van der Waals surface area (Å²) in [5, 5.41) is 0. The van der Waals surface area contributed by atoms with Gasteiger partial charge >= 0.3 is 0 Å². The number of hydrogen-bond donors (Lipinski definition) is 1. The summed E-state index contributed by atoms with van der Waals surface area (Å²) in [6.45, 7) is 4.14. The van der Waals surface area contributed by atoms with E-state index in [9.17, 15) is 4.79 Å². The van der Waals surface area contributed by atoms with Crippen molar-refractivity contribution in [2.45, 2.75) is 38.6 Å². The number of hydrogen-bond acceptors (Lipinski definition) is 2. The molecule has 0 amide bonds. The Labute approximate surface area is 90.5 Å². The first-order chi connectivity index (χ1) is 7.01. The predicted molar refractivity (Wildman–Crippen MR) is 60.8 cm³/mol. The average molecular weight is 203 g/mol. The minimum absolute atomic E-state index is 0.186. The highest BCUT2D eigenvalue weighted by Crippen LogP contribution is 2.34. The van der Waals surface area contributed by atoms with Crippen LogP contribution >= 0.6 is 0 Å². The zero-order valence-corrected chi connectivity index (χ0v) is 9.34. The number of rotatable bonds is 3. The van der Waals surface area contributed by atoms with E-state index in [4.69, 9.17) is 5.73 Å². The second-order valence-electron chi connectivity index (χ2n) is 4.67. The smallest absolute Gasteiger partial charge is 0.156 e. The van der Waals surface area contributed by atoms with Gasteiger partial charge in [0.05, 0.1) is 5.54 Å². The summed E-state index contributed by atoms with van der Waals surface area (Å²) in [4.78, 5) is 11.8. The number of benzene rings is 1. The van der Waals surface area contributed by atoms with E-state index in [0.717, 1.165) is 18.4 Å². The Kier molecular flexibility index (Phi) is 2.39. The van der Waals surface area contributed by atoms with Crippen molar-refractivity contribution in [3.8, 4) is 0 Å². The Hall–Kier alpha value is -1.15. The molecule has 0 heterocycles. The Balaban J connectivity index is 2.11. The first-order valence-corrected chi connectivity index (χ1v) is 5.40. The van der Waals surface area contributed by atoms with Gasteiger partial charge in [-0.3, -0.25) is 4.79 Å². The summed E-state index contributed by atoms with van der Waals surface area (Å²) in [5.74, 6) is 0.186. The maximum Gasteiger partial charge on any atom is 0.156 e. The van der Waals surface area contributed by atoms with E-state index in [1.165, 1.54) is 11.1 Å². The predicted octanol–water partition coefficient (Wildman–Crippen LogP) is 1.91. The van der Waals surface area contributed by atoms with Gasteiger partial charge < -0.3 is 5.73 Å². The van der Waals surface area contributed by atoms with Crippen LogP contribution in [0.3, 0.4) is 0 Å². The van der Waals surface area contributed by atoms with Crippen molar-refractivity contribution in [2.75, 3.05) is 0 Å². The van der Waals surface area contributed by atoms with Crippen molar-refractivity contribution in [1.82, 2.24) is 0 Å². The van der Waals surface area contributed by atoms with Gasteiger partial charge in [0.15, 0.2) is 5.78 Å². The van der Waals surface area contributed by atoms with Crippen molar-refractivity contribution in [1.29, 1.82) is 0 Å². The van der Waals surface area contributed by atoms with Gasteiger partial charge in [0, 0.05) is 6.42 Å². The van der Waals surface area contributed by atoms with Crippen molar-refractivity contribution in [3.05, 3.63) is 34.9 Å². The molecule has 0 unspecified atom stereocenters. The Morgan fingerprint density at radius 1 is 1.33 bits per heavy atom. The Morgan fingerprint density at radius 2 is 2.00 bits per heavy atom. The molecule has 15 heavy (non-hydrogen) atoms. The SMILES string of the molecule is Cc1ccc(CC(=O)C2(N)CC2)cc1C. The third-order valence-corrected chi connectivity index (χ3v) is 3.28. The van der Waals surface area contributed by atoms with Crippen LogP contribution in [0.4, 0.5) is 0 Å². The molecule has 0 saturated heterocycles. The van der Waals surface area contributed by atoms with E-state index in [2.05, 4.69) is 26.0 Å². The molecule has 2 N–H and O–H groups in total. The van der Waals surface area contributed by atoms with Crippen LogP contribution in [0, 0.1) is 13.8 Å². The summed E-state index contributed by atoms with van der Waals surface area (Å²) in [6.07, 6.45) is 2.20. The highest BCUT2D eigenvalue weighted by molar-refractivity contribution is 5.92. The third-order valence-electron chi connectivity index (χ3n) is 3.28. The second kappa shape index (κ2) is 3.46. The average Bonchev–Trinajstić information content (AvgIpc) is 2.92. The molecule has 1 aliphatic carbocycles. The topological polar surface area (TPSA) is 43.1 Å². The minimum Gasteiger partial charge on any atom is -0.319 e. The van der Waals surface area contributed by atoms with Crippen LogP contribution in [-0.2, 0) is 11.2 Å². The molecule has 2 heteroatoms. The van der Waals surface area contributed by atoms with Gasteiger partial charge in [-0.05, 0) is 43.4 Å². The Bertz CT molecular complexity index is 405. The van der Waals surface area contributed by atoms with Gasteiger partial charge in [0.2, 0.25) is 0 Å².